The molecular formula is C18H19ClFN3O4. The minimum atomic E-state index is -1.21. The van der Waals surface area contributed by atoms with Crippen molar-refractivity contribution < 1.29 is 24.2 Å². The highest BCUT2D eigenvalue weighted by Crippen LogP contribution is 2.25. The van der Waals surface area contributed by atoms with Crippen LogP contribution in [0.1, 0.15) is 38.4 Å². The number of aromatic nitrogens is 1. The first kappa shape index (κ1) is 20.4. The summed E-state index contributed by atoms with van der Waals surface area (Å²) in [6.45, 7) is 0. The molecule has 27 heavy (non-hydrogen) atoms. The van der Waals surface area contributed by atoms with Gasteiger partial charge in [0.1, 0.15) is 11.0 Å². The Hall–Kier alpha value is -2.87. The van der Waals surface area contributed by atoms with Crippen LogP contribution in [-0.4, -0.2) is 41.2 Å². The van der Waals surface area contributed by atoms with Crippen molar-refractivity contribution >= 4 is 34.9 Å². The fraction of sp³-hybridized carbons (Fsp3) is 0.278. The fourth-order valence-corrected chi connectivity index (χ4v) is 2.96. The van der Waals surface area contributed by atoms with Gasteiger partial charge in [-0.25, -0.2) is 19.0 Å². The molecule has 0 atom stereocenters. The third-order valence-electron chi connectivity index (χ3n) is 4.10. The lowest BCUT2D eigenvalue weighted by molar-refractivity contribution is 0.0683. The summed E-state index contributed by atoms with van der Waals surface area (Å²) in [6.07, 6.45) is 1.32. The van der Waals surface area contributed by atoms with Crippen LogP contribution >= 0.6 is 11.6 Å². The van der Waals surface area contributed by atoms with Crippen LogP contribution < -0.4 is 10.6 Å². The molecule has 0 fully saturated rings. The number of carboxylic acid groups (broad SMARTS) is 2. The normalized spacial score (nSPS) is 10.5. The number of aryl methyl sites for hydroxylation is 2. The Kier molecular flexibility index (Phi) is 6.57. The van der Waals surface area contributed by atoms with E-state index < -0.39 is 17.8 Å². The number of anilines is 2. The van der Waals surface area contributed by atoms with Crippen molar-refractivity contribution in [2.45, 2.75) is 19.3 Å². The molecule has 0 unspecified atom stereocenters. The number of hydrogen-bond acceptors (Lipinski definition) is 5. The number of aromatic carboxylic acids is 2. The van der Waals surface area contributed by atoms with Gasteiger partial charge in [0, 0.05) is 19.8 Å². The second kappa shape index (κ2) is 8.68. The summed E-state index contributed by atoms with van der Waals surface area (Å²) >= 11 is 6.07. The third kappa shape index (κ3) is 4.65. The number of halogens is 2. The average Bonchev–Trinajstić information content (AvgIpc) is 2.63. The molecule has 1 aromatic heterocycles. The second-order valence-corrected chi connectivity index (χ2v) is 6.15. The topological polar surface area (TPSA) is 112 Å². The van der Waals surface area contributed by atoms with Gasteiger partial charge in [-0.2, -0.15) is 0 Å². The first-order valence-electron chi connectivity index (χ1n) is 8.12. The van der Waals surface area contributed by atoms with E-state index in [0.29, 0.717) is 41.8 Å². The summed E-state index contributed by atoms with van der Waals surface area (Å²) in [7, 11) is 3.15. The van der Waals surface area contributed by atoms with E-state index in [0.717, 1.165) is 6.07 Å². The molecule has 0 spiro atoms. The van der Waals surface area contributed by atoms with Crippen molar-refractivity contribution in [3.8, 4) is 0 Å². The molecule has 1 aromatic carbocycles. The Morgan fingerprint density at radius 3 is 2.19 bits per heavy atom. The van der Waals surface area contributed by atoms with E-state index in [2.05, 4.69) is 15.6 Å². The molecule has 0 saturated heterocycles. The lowest BCUT2D eigenvalue weighted by Gasteiger charge is -2.12. The van der Waals surface area contributed by atoms with Gasteiger partial charge in [0.05, 0.1) is 11.3 Å². The van der Waals surface area contributed by atoms with Gasteiger partial charge >= 0.3 is 11.9 Å². The summed E-state index contributed by atoms with van der Waals surface area (Å²) in [4.78, 5) is 26.2. The van der Waals surface area contributed by atoms with Crippen LogP contribution in [0.3, 0.4) is 0 Å². The Morgan fingerprint density at radius 2 is 1.63 bits per heavy atom. The largest absolute Gasteiger partial charge is 0.478 e. The molecule has 0 aliphatic heterocycles. The van der Waals surface area contributed by atoms with Crippen LogP contribution in [0.2, 0.25) is 5.15 Å². The SMILES string of the molecule is CNc1cc(CCCc2cc(NC)c(C(=O)O)nc2Cl)c(F)cc1C(=O)O. The number of hydrogen-bond donors (Lipinski definition) is 4. The number of pyridine rings is 1. The van der Waals surface area contributed by atoms with E-state index in [-0.39, 0.29) is 16.4 Å². The summed E-state index contributed by atoms with van der Waals surface area (Å²) < 4.78 is 14.2. The monoisotopic (exact) mass is 395 g/mol. The van der Waals surface area contributed by atoms with Crippen molar-refractivity contribution in [3.05, 3.63) is 51.6 Å². The molecule has 0 radical (unpaired) electrons. The van der Waals surface area contributed by atoms with Crippen molar-refractivity contribution in [1.29, 1.82) is 0 Å². The highest BCUT2D eigenvalue weighted by molar-refractivity contribution is 6.30. The van der Waals surface area contributed by atoms with Gasteiger partial charge in [-0.1, -0.05) is 11.6 Å². The molecule has 144 valence electrons. The van der Waals surface area contributed by atoms with Crippen LogP contribution in [-0.2, 0) is 12.8 Å². The van der Waals surface area contributed by atoms with Gasteiger partial charge in [0.25, 0.3) is 0 Å². The molecule has 0 amide bonds. The predicted molar refractivity (Wildman–Crippen MR) is 101 cm³/mol. The van der Waals surface area contributed by atoms with Crippen LogP contribution in [0.25, 0.3) is 0 Å². The zero-order valence-electron chi connectivity index (χ0n) is 14.8. The molecule has 4 N–H and O–H groups in total. The van der Waals surface area contributed by atoms with Crippen LogP contribution in [0, 0.1) is 5.82 Å². The predicted octanol–water partition coefficient (Wildman–Crippen LogP) is 3.53. The highest BCUT2D eigenvalue weighted by atomic mass is 35.5. The Bertz CT molecular complexity index is 818. The number of rotatable bonds is 8. The number of carboxylic acids is 2. The maximum Gasteiger partial charge on any atom is 0.356 e. The number of nitrogens with zero attached hydrogens (tertiary/aromatic N) is 1. The van der Waals surface area contributed by atoms with Crippen LogP contribution in [0.5, 0.6) is 0 Å². The third-order valence-corrected chi connectivity index (χ3v) is 4.43. The van der Waals surface area contributed by atoms with Gasteiger partial charge in [-0.3, -0.25) is 0 Å². The molecule has 9 heteroatoms. The summed E-state index contributed by atoms with van der Waals surface area (Å²) in [5.41, 5.74) is 1.40. The minimum absolute atomic E-state index is 0.0870. The van der Waals surface area contributed by atoms with Crippen molar-refractivity contribution in [2.75, 3.05) is 24.7 Å². The maximum absolute atomic E-state index is 14.2. The number of nitrogens with one attached hydrogen (secondary N) is 2. The summed E-state index contributed by atoms with van der Waals surface area (Å²) in [5.74, 6) is -2.98. The van der Waals surface area contributed by atoms with E-state index in [1.807, 2.05) is 0 Å². The Labute approximate surface area is 160 Å². The standard InChI is InChI=1S/C18H19ClFN3O4/c1-21-13-6-9(12(20)8-11(13)17(24)25)4-3-5-10-7-14(22-2)15(18(26)27)23-16(10)19/h6-8,21-22H,3-5H2,1-2H3,(H,24,25)(H,26,27). The van der Waals surface area contributed by atoms with Crippen molar-refractivity contribution in [3.63, 3.8) is 0 Å². The van der Waals surface area contributed by atoms with Gasteiger partial charge in [0.15, 0.2) is 5.69 Å². The minimum Gasteiger partial charge on any atom is -0.478 e. The maximum atomic E-state index is 14.2. The molecule has 0 bridgehead atoms. The second-order valence-electron chi connectivity index (χ2n) is 5.79. The smallest absolute Gasteiger partial charge is 0.356 e. The molecule has 0 aliphatic rings. The molecule has 2 aromatic rings. The van der Waals surface area contributed by atoms with Crippen LogP contribution in [0.15, 0.2) is 18.2 Å². The van der Waals surface area contributed by atoms with Crippen molar-refractivity contribution in [1.82, 2.24) is 4.98 Å². The van der Waals surface area contributed by atoms with Gasteiger partial charge in [-0.05, 0) is 48.6 Å². The highest BCUT2D eigenvalue weighted by Gasteiger charge is 2.17. The fourth-order valence-electron chi connectivity index (χ4n) is 2.72. The van der Waals surface area contributed by atoms with Gasteiger partial charge in [0.2, 0.25) is 0 Å². The molecular weight excluding hydrogens is 377 g/mol. The number of carbonyl (C=O) groups is 2. The summed E-state index contributed by atoms with van der Waals surface area (Å²) in [6, 6.07) is 4.09. The van der Waals surface area contributed by atoms with Gasteiger partial charge < -0.3 is 20.8 Å². The van der Waals surface area contributed by atoms with E-state index in [1.165, 1.54) is 6.07 Å². The van der Waals surface area contributed by atoms with Crippen LogP contribution in [0.4, 0.5) is 15.8 Å². The first-order valence-corrected chi connectivity index (χ1v) is 8.50. The van der Waals surface area contributed by atoms with E-state index in [4.69, 9.17) is 21.8 Å². The van der Waals surface area contributed by atoms with E-state index in [9.17, 15) is 14.0 Å². The van der Waals surface area contributed by atoms with E-state index in [1.54, 1.807) is 20.2 Å². The average molecular weight is 396 g/mol. The van der Waals surface area contributed by atoms with Gasteiger partial charge in [-0.15, -0.1) is 0 Å². The lowest BCUT2D eigenvalue weighted by Crippen LogP contribution is -2.08. The molecule has 0 saturated carbocycles. The zero-order valence-corrected chi connectivity index (χ0v) is 15.5. The lowest BCUT2D eigenvalue weighted by atomic mass is 10.0. The number of benzene rings is 1. The zero-order chi connectivity index (χ0) is 20.1. The Balaban J connectivity index is 2.17. The quantitative estimate of drug-likeness (QED) is 0.506. The first-order chi connectivity index (χ1) is 12.8. The van der Waals surface area contributed by atoms with Crippen molar-refractivity contribution in [2.24, 2.45) is 0 Å². The van der Waals surface area contributed by atoms with E-state index >= 15 is 0 Å². The molecule has 7 nitrogen and oxygen atoms in total. The molecule has 0 aliphatic carbocycles. The summed E-state index contributed by atoms with van der Waals surface area (Å²) in [5, 5.41) is 23.8. The molecule has 1 heterocycles. The Morgan fingerprint density at radius 1 is 1.04 bits per heavy atom. The molecule has 2 rings (SSSR count).